The van der Waals surface area contributed by atoms with E-state index in [1.807, 2.05) is 30.3 Å². The fourth-order valence-electron chi connectivity index (χ4n) is 1.87. The van der Waals surface area contributed by atoms with Crippen molar-refractivity contribution in [3.8, 4) is 0 Å². The Hall–Kier alpha value is -2.60. The summed E-state index contributed by atoms with van der Waals surface area (Å²) in [6.45, 7) is -0.104. The van der Waals surface area contributed by atoms with Crippen LogP contribution >= 0.6 is 11.8 Å². The first kappa shape index (κ1) is 16.8. The van der Waals surface area contributed by atoms with E-state index in [9.17, 15) is 14.4 Å². The van der Waals surface area contributed by atoms with E-state index in [0.29, 0.717) is 4.90 Å². The highest BCUT2D eigenvalue weighted by atomic mass is 32.2. The highest BCUT2D eigenvalue weighted by Gasteiger charge is 2.10. The highest BCUT2D eigenvalue weighted by Crippen LogP contribution is 2.19. The van der Waals surface area contributed by atoms with Gasteiger partial charge in [-0.3, -0.25) is 9.59 Å². The molecule has 0 radical (unpaired) electrons. The number of rotatable bonds is 6. The van der Waals surface area contributed by atoms with Gasteiger partial charge < -0.3 is 10.4 Å². The van der Waals surface area contributed by atoms with Crippen LogP contribution in [0.3, 0.4) is 0 Å². The highest BCUT2D eigenvalue weighted by molar-refractivity contribution is 8.13. The number of amides is 1. The lowest BCUT2D eigenvalue weighted by molar-refractivity contribution is -0.122. The Kier molecular flexibility index (Phi) is 5.94. The maximum absolute atomic E-state index is 11.9. The molecule has 2 rings (SSSR count). The smallest absolute Gasteiger partial charge is 0.335 e. The Balaban J connectivity index is 1.82. The minimum atomic E-state index is -1.05. The Morgan fingerprint density at radius 2 is 1.74 bits per heavy atom. The summed E-state index contributed by atoms with van der Waals surface area (Å²) in [4.78, 5) is 35.0. The van der Waals surface area contributed by atoms with Gasteiger partial charge in [-0.25, -0.2) is 4.79 Å². The van der Waals surface area contributed by atoms with Crippen LogP contribution in [0.1, 0.15) is 15.9 Å². The van der Waals surface area contributed by atoms with Crippen LogP contribution in [0.4, 0.5) is 0 Å². The lowest BCUT2D eigenvalue weighted by atomic mass is 10.1. The number of carbonyl (C=O) groups is 3. The van der Waals surface area contributed by atoms with E-state index in [2.05, 4.69) is 5.32 Å². The third-order valence-electron chi connectivity index (χ3n) is 2.95. The quantitative estimate of drug-likeness (QED) is 0.795. The van der Waals surface area contributed by atoms with E-state index in [4.69, 9.17) is 5.11 Å². The van der Waals surface area contributed by atoms with Crippen LogP contribution in [0.2, 0.25) is 0 Å². The predicted octanol–water partition coefficient (Wildman–Crippen LogP) is 2.36. The number of nitrogens with one attached hydrogen (secondary N) is 1. The van der Waals surface area contributed by atoms with Gasteiger partial charge in [-0.15, -0.1) is 0 Å². The summed E-state index contributed by atoms with van der Waals surface area (Å²) in [5.74, 6) is -1.28. The van der Waals surface area contributed by atoms with Gasteiger partial charge in [0.05, 0.1) is 18.5 Å². The summed E-state index contributed by atoms with van der Waals surface area (Å²) in [6, 6.07) is 15.4. The molecule has 0 aliphatic carbocycles. The SMILES string of the molecule is O=C(Cc1ccccc1)NCC(=O)Sc1cccc(C(=O)O)c1. The summed E-state index contributed by atoms with van der Waals surface area (Å²) in [5.41, 5.74) is 0.996. The first-order valence-corrected chi connectivity index (χ1v) is 7.71. The van der Waals surface area contributed by atoms with Gasteiger partial charge in [0, 0.05) is 4.90 Å². The van der Waals surface area contributed by atoms with Crippen LogP contribution in [0.25, 0.3) is 0 Å². The molecule has 2 aromatic rings. The molecule has 0 aromatic heterocycles. The second-order valence-electron chi connectivity index (χ2n) is 4.75. The van der Waals surface area contributed by atoms with Gasteiger partial charge in [0.15, 0.2) is 0 Å². The molecule has 0 bridgehead atoms. The molecular formula is C17H15NO4S. The maximum atomic E-state index is 11.9. The lowest BCUT2D eigenvalue weighted by Crippen LogP contribution is -2.29. The zero-order valence-electron chi connectivity index (χ0n) is 12.2. The fraction of sp³-hybridized carbons (Fsp3) is 0.118. The van der Waals surface area contributed by atoms with Crippen molar-refractivity contribution in [1.82, 2.24) is 5.32 Å². The Bertz CT molecular complexity index is 716. The molecule has 5 nitrogen and oxygen atoms in total. The van der Waals surface area contributed by atoms with Crippen molar-refractivity contribution < 1.29 is 19.5 Å². The lowest BCUT2D eigenvalue weighted by Gasteiger charge is -2.05. The van der Waals surface area contributed by atoms with Crippen molar-refractivity contribution >= 4 is 28.8 Å². The number of benzene rings is 2. The van der Waals surface area contributed by atoms with Crippen LogP contribution in [0.15, 0.2) is 59.5 Å². The molecule has 6 heteroatoms. The van der Waals surface area contributed by atoms with E-state index < -0.39 is 5.97 Å². The average molecular weight is 329 g/mol. The molecule has 2 aromatic carbocycles. The number of hydrogen-bond acceptors (Lipinski definition) is 4. The maximum Gasteiger partial charge on any atom is 0.335 e. The van der Waals surface area contributed by atoms with Crippen molar-refractivity contribution in [2.75, 3.05) is 6.54 Å². The van der Waals surface area contributed by atoms with Gasteiger partial charge in [-0.2, -0.15) is 0 Å². The van der Waals surface area contributed by atoms with E-state index in [1.165, 1.54) is 12.1 Å². The minimum Gasteiger partial charge on any atom is -0.478 e. The van der Waals surface area contributed by atoms with Crippen molar-refractivity contribution in [2.24, 2.45) is 0 Å². The first-order valence-electron chi connectivity index (χ1n) is 6.89. The largest absolute Gasteiger partial charge is 0.478 e. The second kappa shape index (κ2) is 8.14. The molecule has 0 fully saturated rings. The third kappa shape index (κ3) is 5.60. The van der Waals surface area contributed by atoms with Gasteiger partial charge in [0.2, 0.25) is 11.0 Å². The number of carboxylic acids is 1. The molecule has 1 amide bonds. The van der Waals surface area contributed by atoms with Gasteiger partial charge in [-0.05, 0) is 23.8 Å². The van der Waals surface area contributed by atoms with Crippen molar-refractivity contribution in [1.29, 1.82) is 0 Å². The van der Waals surface area contributed by atoms with Crippen LogP contribution in [-0.2, 0) is 16.0 Å². The van der Waals surface area contributed by atoms with E-state index in [1.54, 1.807) is 12.1 Å². The molecule has 0 atom stereocenters. The summed E-state index contributed by atoms with van der Waals surface area (Å²) < 4.78 is 0. The van der Waals surface area contributed by atoms with Crippen LogP contribution in [0, 0.1) is 0 Å². The first-order chi connectivity index (χ1) is 11.0. The van der Waals surface area contributed by atoms with Crippen LogP contribution in [-0.4, -0.2) is 28.6 Å². The van der Waals surface area contributed by atoms with Crippen molar-refractivity contribution in [3.63, 3.8) is 0 Å². The molecular weight excluding hydrogens is 314 g/mol. The molecule has 0 saturated carbocycles. The van der Waals surface area contributed by atoms with Crippen molar-refractivity contribution in [2.45, 2.75) is 11.3 Å². The molecule has 0 spiro atoms. The summed E-state index contributed by atoms with van der Waals surface area (Å²) in [7, 11) is 0. The van der Waals surface area contributed by atoms with E-state index in [-0.39, 0.29) is 29.6 Å². The molecule has 118 valence electrons. The predicted molar refractivity (Wildman–Crippen MR) is 87.4 cm³/mol. The zero-order chi connectivity index (χ0) is 16.7. The zero-order valence-corrected chi connectivity index (χ0v) is 13.0. The third-order valence-corrected chi connectivity index (χ3v) is 3.81. The minimum absolute atomic E-state index is 0.104. The molecule has 23 heavy (non-hydrogen) atoms. The van der Waals surface area contributed by atoms with Gasteiger partial charge in [0.25, 0.3) is 0 Å². The Morgan fingerprint density at radius 3 is 2.43 bits per heavy atom. The molecule has 2 N–H and O–H groups in total. The van der Waals surface area contributed by atoms with Gasteiger partial charge >= 0.3 is 5.97 Å². The molecule has 0 aliphatic heterocycles. The van der Waals surface area contributed by atoms with E-state index >= 15 is 0 Å². The summed E-state index contributed by atoms with van der Waals surface area (Å²) in [5, 5.41) is 11.2. The summed E-state index contributed by atoms with van der Waals surface area (Å²) >= 11 is 0.906. The average Bonchev–Trinajstić information content (AvgIpc) is 2.54. The molecule has 0 aliphatic rings. The fourth-order valence-corrected chi connectivity index (χ4v) is 2.61. The number of aromatic carboxylic acids is 1. The molecule has 0 unspecified atom stereocenters. The number of hydrogen-bond donors (Lipinski definition) is 2. The topological polar surface area (TPSA) is 83.5 Å². The van der Waals surface area contributed by atoms with Gasteiger partial charge in [0.1, 0.15) is 0 Å². The van der Waals surface area contributed by atoms with E-state index in [0.717, 1.165) is 17.3 Å². The molecule has 0 saturated heterocycles. The standard InChI is InChI=1S/C17H15NO4S/c19-15(9-12-5-2-1-3-6-12)18-11-16(20)23-14-8-4-7-13(10-14)17(21)22/h1-8,10H,9,11H2,(H,18,19)(H,21,22). The normalized spacial score (nSPS) is 10.1. The molecule has 0 heterocycles. The van der Waals surface area contributed by atoms with Crippen molar-refractivity contribution in [3.05, 3.63) is 65.7 Å². The Labute approximate surface area is 137 Å². The monoisotopic (exact) mass is 329 g/mol. The number of carboxylic acid groups (broad SMARTS) is 1. The van der Waals surface area contributed by atoms with Gasteiger partial charge in [-0.1, -0.05) is 48.2 Å². The summed E-state index contributed by atoms with van der Waals surface area (Å²) in [6.07, 6.45) is 0.216. The van der Waals surface area contributed by atoms with Crippen LogP contribution < -0.4 is 5.32 Å². The number of carbonyl (C=O) groups excluding carboxylic acids is 2. The Morgan fingerprint density at radius 1 is 1.00 bits per heavy atom. The number of thioether (sulfide) groups is 1. The van der Waals surface area contributed by atoms with Crippen LogP contribution in [0.5, 0.6) is 0 Å². The second-order valence-corrected chi connectivity index (χ2v) is 5.88.